The van der Waals surface area contributed by atoms with E-state index in [1.54, 1.807) is 26.8 Å². The van der Waals surface area contributed by atoms with E-state index in [0.717, 1.165) is 15.4 Å². The Labute approximate surface area is 363 Å². The average molecular weight is 872 g/mol. The number of nitrogen functional groups attached to an aromatic ring is 1. The average Bonchev–Trinajstić information content (AvgIpc) is 3.67. The van der Waals surface area contributed by atoms with E-state index in [9.17, 15) is 24.6 Å². The van der Waals surface area contributed by atoms with Gasteiger partial charge in [-0.15, -0.1) is 11.3 Å². The van der Waals surface area contributed by atoms with Crippen LogP contribution in [-0.4, -0.2) is 131 Å². The molecule has 338 valence electrons. The fraction of sp³-hybridized carbons (Fsp3) is 0.682. The molecule has 0 saturated carbocycles. The van der Waals surface area contributed by atoms with Crippen molar-refractivity contribution in [2.45, 2.75) is 142 Å². The number of anilines is 1. The summed E-state index contributed by atoms with van der Waals surface area (Å²) in [6.07, 6.45) is -5.14. The number of oxime groups is 1. The minimum atomic E-state index is -1.86. The molecule has 1 amide bonds. The van der Waals surface area contributed by atoms with Crippen molar-refractivity contribution in [3.8, 4) is 10.6 Å². The third kappa shape index (κ3) is 11.3. The lowest BCUT2D eigenvalue weighted by atomic mass is 9.73. The van der Waals surface area contributed by atoms with E-state index in [2.05, 4.69) is 15.1 Å². The Bertz CT molecular complexity index is 1920. The Morgan fingerprint density at radius 2 is 1.80 bits per heavy atom. The van der Waals surface area contributed by atoms with Gasteiger partial charge in [-0.05, 0) is 91.2 Å². The number of pyridine rings is 1. The molecular weight excluding hydrogens is 807 g/mol. The maximum atomic E-state index is 14.5. The van der Waals surface area contributed by atoms with Crippen molar-refractivity contribution in [3.05, 3.63) is 35.2 Å². The van der Waals surface area contributed by atoms with Crippen LogP contribution in [0.4, 0.5) is 5.82 Å². The van der Waals surface area contributed by atoms with E-state index in [4.69, 9.17) is 34.3 Å². The Kier molecular flexibility index (Phi) is 16.0. The summed E-state index contributed by atoms with van der Waals surface area (Å²) in [5.41, 5.74) is 4.10. The molecule has 3 aliphatic heterocycles. The zero-order valence-electron chi connectivity index (χ0n) is 37.3. The van der Waals surface area contributed by atoms with Gasteiger partial charge in [0.1, 0.15) is 35.3 Å². The molecule has 16 nitrogen and oxygen atoms in total. The summed E-state index contributed by atoms with van der Waals surface area (Å²) in [5.74, 6) is -4.93. The van der Waals surface area contributed by atoms with E-state index in [1.807, 2.05) is 64.0 Å². The highest BCUT2D eigenvalue weighted by atomic mass is 32.1. The smallest absolute Gasteiger partial charge is 0.316 e. The van der Waals surface area contributed by atoms with Crippen molar-refractivity contribution in [1.29, 1.82) is 0 Å². The number of hydrogen-bond acceptors (Lipinski definition) is 16. The number of nitrogens with two attached hydrogens (primary N) is 1. The number of thiophene rings is 1. The molecule has 3 aliphatic rings. The third-order valence-corrected chi connectivity index (χ3v) is 13.3. The van der Waals surface area contributed by atoms with Crippen LogP contribution in [0.1, 0.15) is 86.5 Å². The molecule has 5 rings (SSSR count). The van der Waals surface area contributed by atoms with Crippen LogP contribution in [0, 0.1) is 23.7 Å². The number of likely N-dealkylation sites (N-methyl/N-ethyl adjacent to an activating group) is 1. The topological polar surface area (TPSA) is 214 Å². The maximum absolute atomic E-state index is 14.5. The van der Waals surface area contributed by atoms with Crippen molar-refractivity contribution in [2.24, 2.45) is 33.8 Å². The minimum absolute atomic E-state index is 0.100. The molecule has 4 N–H and O–H groups in total. The van der Waals surface area contributed by atoms with E-state index in [0.29, 0.717) is 23.7 Å². The van der Waals surface area contributed by atoms with Crippen molar-refractivity contribution in [3.63, 3.8) is 0 Å². The summed E-state index contributed by atoms with van der Waals surface area (Å²) in [6.45, 7) is 14.8. The van der Waals surface area contributed by atoms with Gasteiger partial charge < -0.3 is 49.4 Å². The molecule has 0 spiro atoms. The number of fused-ring (bicyclic) bond motifs is 5. The Balaban J connectivity index is 1.63. The van der Waals surface area contributed by atoms with Crippen LogP contribution in [0.2, 0.25) is 0 Å². The van der Waals surface area contributed by atoms with E-state index < -0.39 is 83.2 Å². The zero-order chi connectivity index (χ0) is 45.0. The Morgan fingerprint density at radius 1 is 1.08 bits per heavy atom. The maximum Gasteiger partial charge on any atom is 0.316 e. The number of esters is 1. The quantitative estimate of drug-likeness (QED) is 0.184. The number of cyclic esters (lactones) is 1. The van der Waals surface area contributed by atoms with Crippen LogP contribution in [-0.2, 0) is 49.5 Å². The highest BCUT2D eigenvalue weighted by Gasteiger charge is 2.53. The molecule has 61 heavy (non-hydrogen) atoms. The van der Waals surface area contributed by atoms with Gasteiger partial charge in [-0.1, -0.05) is 38.9 Å². The normalized spacial score (nSPS) is 37.2. The number of ketones is 1. The SMILES string of the molecule is CC[C@H]1OC(=O)[C@H](C)C(=O)[C@H](C)[C@@H](O[C@@H]2O[C@H](C)C[C@H](N(C)C)[C@H]2O)[C@@]2(C)C[C@@H](C)C(=NC(C)=O)[C@H](C)[C@H](OC/C(=N/OCc3ccc(-c4cccc(N)n4)s3)CO2)[C@]1(C)O. The number of aromatic nitrogens is 1. The van der Waals surface area contributed by atoms with Gasteiger partial charge in [0, 0.05) is 35.4 Å². The molecule has 17 heteroatoms. The molecule has 2 aromatic rings. The highest BCUT2D eigenvalue weighted by Crippen LogP contribution is 2.40. The lowest BCUT2D eigenvalue weighted by Crippen LogP contribution is -2.60. The lowest BCUT2D eigenvalue weighted by Gasteiger charge is -2.47. The number of aliphatic imine (C=N–C) groups is 1. The van der Waals surface area contributed by atoms with E-state index >= 15 is 0 Å². The molecule has 0 aliphatic carbocycles. The predicted octanol–water partition coefficient (Wildman–Crippen LogP) is 4.83. The van der Waals surface area contributed by atoms with Crippen LogP contribution >= 0.6 is 11.3 Å². The second kappa shape index (κ2) is 20.2. The molecule has 0 radical (unpaired) electrons. The molecule has 3 fully saturated rings. The number of carbonyl (C=O) groups excluding carboxylic acids is 3. The van der Waals surface area contributed by atoms with Crippen LogP contribution in [0.5, 0.6) is 0 Å². The van der Waals surface area contributed by atoms with Crippen molar-refractivity contribution >= 4 is 46.2 Å². The van der Waals surface area contributed by atoms with Gasteiger partial charge in [-0.2, -0.15) is 0 Å². The van der Waals surface area contributed by atoms with Crippen molar-refractivity contribution in [2.75, 3.05) is 33.0 Å². The number of aliphatic hydroxyl groups is 2. The molecular formula is C44H65N5O11S. The minimum Gasteiger partial charge on any atom is -0.459 e. The van der Waals surface area contributed by atoms with Gasteiger partial charge in [0.05, 0.1) is 47.7 Å². The second-order valence-corrected chi connectivity index (χ2v) is 18.7. The first-order valence-corrected chi connectivity index (χ1v) is 21.9. The largest absolute Gasteiger partial charge is 0.459 e. The first-order chi connectivity index (χ1) is 28.7. The summed E-state index contributed by atoms with van der Waals surface area (Å²) in [7, 11) is 3.73. The van der Waals surface area contributed by atoms with Gasteiger partial charge in [-0.3, -0.25) is 14.4 Å². The monoisotopic (exact) mass is 871 g/mol. The molecule has 0 unspecified atom stereocenters. The number of Topliss-reactive ketones (excluding diaryl/α,β-unsaturated/α-hetero) is 1. The van der Waals surface area contributed by atoms with E-state index in [1.165, 1.54) is 32.1 Å². The van der Waals surface area contributed by atoms with Gasteiger partial charge in [0.2, 0.25) is 5.91 Å². The first-order valence-electron chi connectivity index (χ1n) is 21.1. The number of amides is 1. The van der Waals surface area contributed by atoms with Crippen LogP contribution in [0.25, 0.3) is 10.6 Å². The molecule has 5 heterocycles. The highest BCUT2D eigenvalue weighted by molar-refractivity contribution is 7.15. The van der Waals surface area contributed by atoms with Crippen LogP contribution in [0.15, 0.2) is 40.5 Å². The molecule has 13 atom stereocenters. The lowest BCUT2D eigenvalue weighted by molar-refractivity contribution is -0.296. The zero-order valence-corrected chi connectivity index (χ0v) is 38.1. The number of nitrogens with zero attached hydrogens (tertiary/aromatic N) is 4. The number of aliphatic hydroxyl groups excluding tert-OH is 1. The molecule has 2 aromatic heterocycles. The third-order valence-electron chi connectivity index (χ3n) is 12.2. The van der Waals surface area contributed by atoms with E-state index in [-0.39, 0.29) is 44.8 Å². The summed E-state index contributed by atoms with van der Waals surface area (Å²) in [6, 6.07) is 8.95. The Hall–Kier alpha value is -3.68. The summed E-state index contributed by atoms with van der Waals surface area (Å²) >= 11 is 1.48. The number of carbonyl (C=O) groups is 3. The van der Waals surface area contributed by atoms with Gasteiger partial charge >= 0.3 is 5.97 Å². The number of rotatable bonds is 8. The van der Waals surface area contributed by atoms with Crippen LogP contribution in [0.3, 0.4) is 0 Å². The van der Waals surface area contributed by atoms with Crippen LogP contribution < -0.4 is 5.73 Å². The number of ether oxygens (including phenoxy) is 5. The molecule has 3 saturated heterocycles. The second-order valence-electron chi connectivity index (χ2n) is 17.5. The summed E-state index contributed by atoms with van der Waals surface area (Å²) < 4.78 is 32.5. The first kappa shape index (κ1) is 48.4. The van der Waals surface area contributed by atoms with Crippen molar-refractivity contribution in [1.82, 2.24) is 9.88 Å². The van der Waals surface area contributed by atoms with Gasteiger partial charge in [0.25, 0.3) is 0 Å². The fourth-order valence-electron chi connectivity index (χ4n) is 8.98. The van der Waals surface area contributed by atoms with Crippen molar-refractivity contribution < 1.29 is 53.1 Å². The number of hydrogen-bond donors (Lipinski definition) is 3. The fourth-order valence-corrected chi connectivity index (χ4v) is 9.86. The predicted molar refractivity (Wildman–Crippen MR) is 231 cm³/mol. The molecule has 2 bridgehead atoms. The summed E-state index contributed by atoms with van der Waals surface area (Å²) in [4.78, 5) is 59.8. The van der Waals surface area contributed by atoms with Gasteiger partial charge in [-0.25, -0.2) is 9.98 Å². The Morgan fingerprint density at radius 3 is 2.46 bits per heavy atom. The van der Waals surface area contributed by atoms with Gasteiger partial charge in [0.15, 0.2) is 18.7 Å². The summed E-state index contributed by atoms with van der Waals surface area (Å²) in [5, 5.41) is 28.6. The standard InChI is InChI=1S/C44H65N5O11S/c1-12-34-44(9,54)40-25(4)36(46-28(7)50)23(2)19-43(8,56-21-29(20-55-40)48-57-22-30-16-17-33(61-30)31-14-13-15-35(45)47-31)39(26(5)37(51)27(6)41(53)59-34)60-42-38(52)32(49(10)11)18-24(3)58-42/h13-17,23-27,32,34,38-40,42,52,54H,12,18-22H2,1-11H3,(H2,45,47)/b46-36?,48-29-/t23-,24-,25+,26+,27-,32+,34-,38-,39-,40+,42+,43-,44-/m1/s1. The molecule has 0 aromatic carbocycles.